The second-order valence-corrected chi connectivity index (χ2v) is 3.92. The number of halogens is 2. The van der Waals surface area contributed by atoms with Crippen molar-refractivity contribution in [3.05, 3.63) is 53.1 Å². The molecule has 0 saturated carbocycles. The summed E-state index contributed by atoms with van der Waals surface area (Å²) in [5, 5.41) is 41.6. The Morgan fingerprint density at radius 1 is 0.864 bits per heavy atom. The molecular weight excluding hydrogens is 320 g/mol. The number of nitrogens with zero attached hydrogens (tertiary/aromatic N) is 5. The van der Waals surface area contributed by atoms with Gasteiger partial charge in [0.1, 0.15) is 19.7 Å². The summed E-state index contributed by atoms with van der Waals surface area (Å²) in [6.07, 6.45) is 0.848. The highest BCUT2D eigenvalue weighted by molar-refractivity contribution is 4.77. The molecule has 0 N–H and O–H groups in total. The highest BCUT2D eigenvalue weighted by Crippen LogP contribution is 2.20. The van der Waals surface area contributed by atoms with Gasteiger partial charge in [-0.3, -0.25) is 45.4 Å². The van der Waals surface area contributed by atoms with Crippen molar-refractivity contribution in [2.24, 2.45) is 0 Å². The highest BCUT2D eigenvalue weighted by atomic mass is 19.2. The van der Waals surface area contributed by atoms with E-state index < -0.39 is 51.2 Å². The fourth-order valence-electron chi connectivity index (χ4n) is 1.30. The standard InChI is InChI=1S/C7H9F2N5O8/c1-2-3-10(4-6(8,11(15)16)12(17)18)5-7(9,13(19)20)14(21)22/h2H,1,3-5H2. The summed E-state index contributed by atoms with van der Waals surface area (Å²) >= 11 is 0. The predicted octanol–water partition coefficient (Wildman–Crippen LogP) is -0.172. The molecule has 22 heavy (non-hydrogen) atoms. The first-order valence-corrected chi connectivity index (χ1v) is 5.21. The molecule has 0 aromatic rings. The van der Waals surface area contributed by atoms with Crippen LogP contribution in [0.25, 0.3) is 0 Å². The lowest BCUT2D eigenvalue weighted by molar-refractivity contribution is -0.837. The van der Waals surface area contributed by atoms with Gasteiger partial charge in [-0.25, -0.2) is 0 Å². The van der Waals surface area contributed by atoms with E-state index in [2.05, 4.69) is 6.58 Å². The normalized spacial score (nSPS) is 12.0. The summed E-state index contributed by atoms with van der Waals surface area (Å²) in [6, 6.07) is 0. The molecule has 124 valence electrons. The van der Waals surface area contributed by atoms with Crippen molar-refractivity contribution in [1.82, 2.24) is 4.90 Å². The molecule has 0 heterocycles. The highest BCUT2D eigenvalue weighted by Gasteiger charge is 2.64. The lowest BCUT2D eigenvalue weighted by Gasteiger charge is -2.21. The third-order valence-corrected chi connectivity index (χ3v) is 2.36. The van der Waals surface area contributed by atoms with Crippen molar-refractivity contribution >= 4 is 0 Å². The van der Waals surface area contributed by atoms with Crippen molar-refractivity contribution in [2.45, 2.75) is 11.8 Å². The van der Waals surface area contributed by atoms with Gasteiger partial charge in [0.25, 0.3) is 0 Å². The summed E-state index contributed by atoms with van der Waals surface area (Å²) in [7, 11) is 0. The molecule has 0 radical (unpaired) electrons. The second-order valence-electron chi connectivity index (χ2n) is 3.92. The minimum Gasteiger partial charge on any atom is -0.267 e. The van der Waals surface area contributed by atoms with Gasteiger partial charge in [-0.1, -0.05) is 14.9 Å². The van der Waals surface area contributed by atoms with Crippen LogP contribution in [0.2, 0.25) is 0 Å². The molecule has 0 bridgehead atoms. The topological polar surface area (TPSA) is 176 Å². The third kappa shape index (κ3) is 3.84. The van der Waals surface area contributed by atoms with Gasteiger partial charge in [-0.15, -0.1) is 6.58 Å². The van der Waals surface area contributed by atoms with Gasteiger partial charge in [0.05, 0.1) is 0 Å². The van der Waals surface area contributed by atoms with Crippen LogP contribution in [0.4, 0.5) is 8.78 Å². The minimum atomic E-state index is -4.32. The van der Waals surface area contributed by atoms with Gasteiger partial charge in [-0.05, 0) is 0 Å². The van der Waals surface area contributed by atoms with E-state index in [0.717, 1.165) is 6.08 Å². The van der Waals surface area contributed by atoms with Crippen molar-refractivity contribution in [3.63, 3.8) is 0 Å². The maximum absolute atomic E-state index is 13.7. The first-order chi connectivity index (χ1) is 9.91. The van der Waals surface area contributed by atoms with E-state index in [9.17, 15) is 49.2 Å². The maximum Gasteiger partial charge on any atom is 0.626 e. The van der Waals surface area contributed by atoms with E-state index in [0.29, 0.717) is 0 Å². The van der Waals surface area contributed by atoms with Gasteiger partial charge in [-0.2, -0.15) is 0 Å². The average Bonchev–Trinajstić information content (AvgIpc) is 2.37. The molecule has 0 unspecified atom stereocenters. The van der Waals surface area contributed by atoms with Crippen molar-refractivity contribution in [3.8, 4) is 0 Å². The fourth-order valence-corrected chi connectivity index (χ4v) is 1.30. The third-order valence-electron chi connectivity index (χ3n) is 2.36. The lowest BCUT2D eigenvalue weighted by atomic mass is 10.3. The molecule has 0 aromatic heterocycles. The Kier molecular flexibility index (Phi) is 5.87. The fraction of sp³-hybridized carbons (Fsp3) is 0.714. The van der Waals surface area contributed by atoms with E-state index in [1.807, 2.05) is 0 Å². The number of hydrogen-bond acceptors (Lipinski definition) is 9. The first kappa shape index (κ1) is 19.2. The van der Waals surface area contributed by atoms with Crippen LogP contribution >= 0.6 is 0 Å². The Labute approximate surface area is 119 Å². The maximum atomic E-state index is 13.7. The van der Waals surface area contributed by atoms with Gasteiger partial charge in [0, 0.05) is 6.54 Å². The molecule has 0 spiro atoms. The number of rotatable bonds is 10. The van der Waals surface area contributed by atoms with Gasteiger partial charge in [0.15, 0.2) is 13.1 Å². The monoisotopic (exact) mass is 329 g/mol. The molecule has 0 saturated heterocycles. The molecular formula is C7H9F2N5O8. The van der Waals surface area contributed by atoms with Crippen LogP contribution in [0.3, 0.4) is 0 Å². The SMILES string of the molecule is C=CCN(CC(F)([N+](=O)[O-])[N+](=O)[O-])CC(F)([N+](=O)[O-])[N+](=O)[O-]. The Morgan fingerprint density at radius 2 is 1.14 bits per heavy atom. The first-order valence-electron chi connectivity index (χ1n) is 5.21. The molecule has 0 rings (SSSR count). The summed E-state index contributed by atoms with van der Waals surface area (Å²) in [5.74, 6) is -8.64. The zero-order valence-electron chi connectivity index (χ0n) is 10.7. The summed E-state index contributed by atoms with van der Waals surface area (Å²) < 4.78 is 27.3. The van der Waals surface area contributed by atoms with Crippen LogP contribution in [-0.4, -0.2) is 56.1 Å². The predicted molar refractivity (Wildman–Crippen MR) is 62.3 cm³/mol. The van der Waals surface area contributed by atoms with Crippen molar-refractivity contribution in [2.75, 3.05) is 19.6 Å². The van der Waals surface area contributed by atoms with Crippen LogP contribution in [0.5, 0.6) is 0 Å². The minimum absolute atomic E-state index is 0.129. The van der Waals surface area contributed by atoms with Crippen molar-refractivity contribution in [1.29, 1.82) is 0 Å². The lowest BCUT2D eigenvalue weighted by Crippen LogP contribution is -2.57. The van der Waals surface area contributed by atoms with E-state index >= 15 is 0 Å². The van der Waals surface area contributed by atoms with Gasteiger partial charge < -0.3 is 0 Å². The molecule has 0 aliphatic heterocycles. The number of nitro groups is 4. The van der Waals surface area contributed by atoms with Crippen LogP contribution in [-0.2, 0) is 0 Å². The Bertz CT molecular complexity index is 445. The summed E-state index contributed by atoms with van der Waals surface area (Å²) in [5.41, 5.74) is 0. The van der Waals surface area contributed by atoms with Crippen molar-refractivity contribution < 1.29 is 28.5 Å². The number of alkyl halides is 2. The molecule has 0 fully saturated rings. The van der Waals surface area contributed by atoms with Crippen LogP contribution in [0, 0.1) is 40.5 Å². The smallest absolute Gasteiger partial charge is 0.267 e. The Morgan fingerprint density at radius 3 is 1.32 bits per heavy atom. The molecule has 15 heteroatoms. The molecule has 0 aliphatic carbocycles. The molecule has 0 amide bonds. The van der Waals surface area contributed by atoms with E-state index in [1.165, 1.54) is 0 Å². The quantitative estimate of drug-likeness (QED) is 0.173. The van der Waals surface area contributed by atoms with Gasteiger partial charge >= 0.3 is 11.8 Å². The van der Waals surface area contributed by atoms with Crippen LogP contribution < -0.4 is 0 Å². The summed E-state index contributed by atoms with van der Waals surface area (Å²) in [4.78, 5) is 34.0. The zero-order chi connectivity index (χ0) is 17.7. The molecule has 0 aliphatic rings. The van der Waals surface area contributed by atoms with Crippen LogP contribution in [0.15, 0.2) is 12.7 Å². The Hall–Kier alpha value is -2.84. The molecule has 0 atom stereocenters. The second kappa shape index (κ2) is 6.74. The van der Waals surface area contributed by atoms with E-state index in [-0.39, 0.29) is 4.90 Å². The average molecular weight is 329 g/mol. The molecule has 0 aromatic carbocycles. The van der Waals surface area contributed by atoms with E-state index in [1.54, 1.807) is 0 Å². The largest absolute Gasteiger partial charge is 0.626 e. The zero-order valence-corrected chi connectivity index (χ0v) is 10.7. The van der Waals surface area contributed by atoms with Crippen LogP contribution in [0.1, 0.15) is 0 Å². The number of hydrogen-bond donors (Lipinski definition) is 0. The summed E-state index contributed by atoms with van der Waals surface area (Å²) in [6.45, 7) is -1.15. The Balaban J connectivity index is 5.53. The van der Waals surface area contributed by atoms with E-state index in [4.69, 9.17) is 0 Å². The molecule has 13 nitrogen and oxygen atoms in total. The van der Waals surface area contributed by atoms with Gasteiger partial charge in [0.2, 0.25) is 0 Å².